The molecule has 0 amide bonds. The van der Waals surface area contributed by atoms with Gasteiger partial charge in [0.15, 0.2) is 5.41 Å². The highest BCUT2D eigenvalue weighted by Gasteiger charge is 2.52. The molecule has 0 bridgehead atoms. The molecule has 0 radical (unpaired) electrons. The van der Waals surface area contributed by atoms with Crippen LogP contribution in [-0.4, -0.2) is 26.2 Å². The molecule has 0 saturated heterocycles. The van der Waals surface area contributed by atoms with E-state index in [0.29, 0.717) is 6.42 Å². The van der Waals surface area contributed by atoms with E-state index in [1.54, 1.807) is 6.08 Å². The molecule has 0 aliphatic heterocycles. The monoisotopic (exact) mass is 328 g/mol. The second-order valence-corrected chi connectivity index (χ2v) is 6.33. The number of carbonyl (C=O) groups excluding carboxylic acids is 2. The zero-order valence-electron chi connectivity index (χ0n) is 14.6. The van der Waals surface area contributed by atoms with Crippen LogP contribution in [0.1, 0.15) is 25.8 Å². The zero-order valence-corrected chi connectivity index (χ0v) is 14.6. The maximum absolute atomic E-state index is 12.3. The fourth-order valence-electron chi connectivity index (χ4n) is 3.21. The molecule has 4 nitrogen and oxygen atoms in total. The average Bonchev–Trinajstić information content (AvgIpc) is 3.00. The average molecular weight is 328 g/mol. The topological polar surface area (TPSA) is 52.6 Å². The molecule has 0 N–H and O–H groups in total. The van der Waals surface area contributed by atoms with Crippen LogP contribution < -0.4 is 0 Å². The fourth-order valence-corrected chi connectivity index (χ4v) is 3.21. The van der Waals surface area contributed by atoms with Gasteiger partial charge in [-0.1, -0.05) is 68.0 Å². The summed E-state index contributed by atoms with van der Waals surface area (Å²) in [6, 6.07) is 9.93. The van der Waals surface area contributed by atoms with Gasteiger partial charge >= 0.3 is 11.9 Å². The van der Waals surface area contributed by atoms with Crippen LogP contribution in [0.15, 0.2) is 48.1 Å². The summed E-state index contributed by atoms with van der Waals surface area (Å²) in [5.41, 5.74) is 0.779. The fraction of sp³-hybridized carbons (Fsp3) is 0.400. The van der Waals surface area contributed by atoms with Gasteiger partial charge in [0.05, 0.1) is 14.2 Å². The Balaban J connectivity index is 2.37. The number of esters is 2. The second-order valence-electron chi connectivity index (χ2n) is 6.33. The van der Waals surface area contributed by atoms with Crippen molar-refractivity contribution in [2.75, 3.05) is 14.2 Å². The van der Waals surface area contributed by atoms with Crippen LogP contribution in [0.25, 0.3) is 6.08 Å². The van der Waals surface area contributed by atoms with E-state index in [-0.39, 0.29) is 11.8 Å². The third-order valence-electron chi connectivity index (χ3n) is 4.47. The number of ether oxygens (including phenoxy) is 2. The summed E-state index contributed by atoms with van der Waals surface area (Å²) in [5.74, 6) is -0.929. The maximum Gasteiger partial charge on any atom is 0.327 e. The Morgan fingerprint density at radius 1 is 1.12 bits per heavy atom. The predicted octanol–water partition coefficient (Wildman–Crippen LogP) is 3.63. The molecule has 4 heteroatoms. The summed E-state index contributed by atoms with van der Waals surface area (Å²) in [5, 5.41) is 0. The number of allylic oxidation sites excluding steroid dienone is 2. The van der Waals surface area contributed by atoms with Gasteiger partial charge in [0.1, 0.15) is 0 Å². The van der Waals surface area contributed by atoms with E-state index in [4.69, 9.17) is 9.47 Å². The third kappa shape index (κ3) is 3.42. The molecular weight excluding hydrogens is 304 g/mol. The highest BCUT2D eigenvalue weighted by Crippen LogP contribution is 2.45. The lowest BCUT2D eigenvalue weighted by atomic mass is 9.84. The second kappa shape index (κ2) is 7.47. The molecule has 1 aliphatic rings. The zero-order chi connectivity index (χ0) is 17.7. The molecule has 1 unspecified atom stereocenters. The normalized spacial score (nSPS) is 19.4. The highest BCUT2D eigenvalue weighted by molar-refractivity contribution is 6.03. The van der Waals surface area contributed by atoms with Crippen LogP contribution in [0, 0.1) is 17.3 Å². The first-order valence-electron chi connectivity index (χ1n) is 8.07. The summed E-state index contributed by atoms with van der Waals surface area (Å²) in [6.45, 7) is 4.11. The standard InChI is InChI=1S/C20H24O4/c1-14(2)17-13-20(18(21)23-3,19(22)24-4)12-16(17)11-10-15-8-6-5-7-9-15/h5-11,13-14,16H,12H2,1-4H3/b11-10+. The summed E-state index contributed by atoms with van der Waals surface area (Å²) in [4.78, 5) is 24.7. The largest absolute Gasteiger partial charge is 0.468 e. The molecule has 1 aliphatic carbocycles. The SMILES string of the molecule is COC(=O)C1(C(=O)OC)C=C(C(C)C)C(/C=C/c2ccccc2)C1. The Bertz CT molecular complexity index is 639. The van der Waals surface area contributed by atoms with Crippen LogP contribution in [0.4, 0.5) is 0 Å². The van der Waals surface area contributed by atoms with Crippen LogP contribution >= 0.6 is 0 Å². The van der Waals surface area contributed by atoms with E-state index in [9.17, 15) is 9.59 Å². The molecule has 0 fully saturated rings. The van der Waals surface area contributed by atoms with E-state index in [1.165, 1.54) is 14.2 Å². The van der Waals surface area contributed by atoms with Gasteiger partial charge < -0.3 is 9.47 Å². The van der Waals surface area contributed by atoms with Gasteiger partial charge in [-0.25, -0.2) is 0 Å². The number of hydrogen-bond donors (Lipinski definition) is 0. The predicted molar refractivity (Wildman–Crippen MR) is 93.0 cm³/mol. The van der Waals surface area contributed by atoms with Crippen molar-refractivity contribution in [2.45, 2.75) is 20.3 Å². The van der Waals surface area contributed by atoms with Crippen molar-refractivity contribution in [3.8, 4) is 0 Å². The first-order valence-corrected chi connectivity index (χ1v) is 8.07. The van der Waals surface area contributed by atoms with Crippen molar-refractivity contribution in [3.63, 3.8) is 0 Å². The van der Waals surface area contributed by atoms with Gasteiger partial charge in [-0.3, -0.25) is 9.59 Å². The van der Waals surface area contributed by atoms with Gasteiger partial charge in [-0.05, 0) is 17.9 Å². The van der Waals surface area contributed by atoms with Gasteiger partial charge in [-0.15, -0.1) is 0 Å². The minimum Gasteiger partial charge on any atom is -0.468 e. The Labute approximate surface area is 143 Å². The van der Waals surface area contributed by atoms with E-state index >= 15 is 0 Å². The Hall–Kier alpha value is -2.36. The van der Waals surface area contributed by atoms with Crippen molar-refractivity contribution >= 4 is 18.0 Å². The Morgan fingerprint density at radius 3 is 2.21 bits per heavy atom. The van der Waals surface area contributed by atoms with Gasteiger partial charge in [0.2, 0.25) is 0 Å². The first kappa shape index (κ1) is 18.0. The lowest BCUT2D eigenvalue weighted by Crippen LogP contribution is -2.38. The molecule has 1 aromatic carbocycles. The smallest absolute Gasteiger partial charge is 0.327 e. The summed E-state index contributed by atoms with van der Waals surface area (Å²) in [6.07, 6.45) is 6.15. The van der Waals surface area contributed by atoms with Crippen molar-refractivity contribution in [1.82, 2.24) is 0 Å². The highest BCUT2D eigenvalue weighted by atomic mass is 16.5. The van der Waals surface area contributed by atoms with Crippen LogP contribution in [0.5, 0.6) is 0 Å². The third-order valence-corrected chi connectivity index (χ3v) is 4.47. The molecule has 0 heterocycles. The molecule has 1 aromatic rings. The number of hydrogen-bond acceptors (Lipinski definition) is 4. The summed E-state index contributed by atoms with van der Waals surface area (Å²) < 4.78 is 9.78. The molecule has 128 valence electrons. The quantitative estimate of drug-likeness (QED) is 0.470. The van der Waals surface area contributed by atoms with E-state index < -0.39 is 17.4 Å². The molecular formula is C20H24O4. The van der Waals surface area contributed by atoms with Crippen LogP contribution in [-0.2, 0) is 19.1 Å². The van der Waals surface area contributed by atoms with Crippen molar-refractivity contribution in [1.29, 1.82) is 0 Å². The van der Waals surface area contributed by atoms with Crippen LogP contribution in [0.3, 0.4) is 0 Å². The number of benzene rings is 1. The lowest BCUT2D eigenvalue weighted by molar-refractivity contribution is -0.165. The molecule has 1 atom stereocenters. The molecule has 0 saturated carbocycles. The molecule has 2 rings (SSSR count). The number of methoxy groups -OCH3 is 2. The van der Waals surface area contributed by atoms with E-state index in [1.807, 2.05) is 36.4 Å². The number of carbonyl (C=O) groups is 2. The summed E-state index contributed by atoms with van der Waals surface area (Å²) in [7, 11) is 2.59. The molecule has 0 spiro atoms. The van der Waals surface area contributed by atoms with Crippen molar-refractivity contribution in [2.24, 2.45) is 17.3 Å². The Morgan fingerprint density at radius 2 is 1.71 bits per heavy atom. The van der Waals surface area contributed by atoms with E-state index in [2.05, 4.69) is 19.9 Å². The minimum atomic E-state index is -1.35. The summed E-state index contributed by atoms with van der Waals surface area (Å²) >= 11 is 0. The Kier molecular flexibility index (Phi) is 5.60. The molecule has 0 aromatic heterocycles. The van der Waals surface area contributed by atoms with Gasteiger partial charge in [0.25, 0.3) is 0 Å². The van der Waals surface area contributed by atoms with Gasteiger partial charge in [-0.2, -0.15) is 0 Å². The van der Waals surface area contributed by atoms with Crippen LogP contribution in [0.2, 0.25) is 0 Å². The minimum absolute atomic E-state index is 0.0107. The van der Waals surface area contributed by atoms with Crippen molar-refractivity contribution < 1.29 is 19.1 Å². The first-order chi connectivity index (χ1) is 11.4. The lowest BCUT2D eigenvalue weighted by Gasteiger charge is -2.22. The van der Waals surface area contributed by atoms with Crippen molar-refractivity contribution in [3.05, 3.63) is 53.6 Å². The number of rotatable bonds is 5. The van der Waals surface area contributed by atoms with E-state index in [0.717, 1.165) is 11.1 Å². The molecule has 24 heavy (non-hydrogen) atoms. The van der Waals surface area contributed by atoms with Gasteiger partial charge in [0, 0.05) is 5.92 Å². The maximum atomic E-state index is 12.3.